The van der Waals surface area contributed by atoms with Gasteiger partial charge in [0.2, 0.25) is 0 Å². The molecule has 1 heterocycles. The Bertz CT molecular complexity index is 1120. The Labute approximate surface area is 171 Å². The molecule has 1 aliphatic rings. The molecular weight excluding hydrogens is 388 g/mol. The van der Waals surface area contributed by atoms with E-state index in [0.717, 1.165) is 22.3 Å². The molecule has 1 atom stereocenters. The Morgan fingerprint density at radius 3 is 2.27 bits per heavy atom. The number of carbonyl (C=O) groups excluding carboxylic acids is 1. The van der Waals surface area contributed by atoms with E-state index in [1.165, 1.54) is 0 Å². The zero-order valence-corrected chi connectivity index (χ0v) is 16.2. The van der Waals surface area contributed by atoms with E-state index >= 15 is 0 Å². The van der Waals surface area contributed by atoms with E-state index in [1.54, 1.807) is 6.92 Å². The Kier molecular flexibility index (Phi) is 5.14. The molecule has 30 heavy (non-hydrogen) atoms. The number of hydrogen-bond donors (Lipinski definition) is 3. The molecule has 1 unspecified atom stereocenters. The first kappa shape index (κ1) is 19.5. The third kappa shape index (κ3) is 3.59. The standard InChI is InChI=1S/C22H20N2O6/c1-12-17(20(25)24-30-12)10-19(21(26)27)23-22(28)29-11-18-15-8-4-2-6-13(15)14-7-3-5-9-16(14)18/h2-9,18-19H,10-11H2,1H3,(H,23,28)(H,24,25)(H,26,27). The van der Waals surface area contributed by atoms with Crippen molar-refractivity contribution in [3.63, 3.8) is 0 Å². The van der Waals surface area contributed by atoms with Gasteiger partial charge < -0.3 is 19.7 Å². The topological polar surface area (TPSA) is 122 Å². The van der Waals surface area contributed by atoms with Gasteiger partial charge in [-0.1, -0.05) is 48.5 Å². The van der Waals surface area contributed by atoms with Gasteiger partial charge in [0.05, 0.1) is 5.56 Å². The third-order valence-electron chi connectivity index (χ3n) is 5.34. The zero-order valence-electron chi connectivity index (χ0n) is 16.2. The maximum Gasteiger partial charge on any atom is 0.407 e. The number of nitrogens with one attached hydrogen (secondary N) is 2. The highest BCUT2D eigenvalue weighted by Crippen LogP contribution is 2.44. The van der Waals surface area contributed by atoms with Crippen LogP contribution in [0.25, 0.3) is 11.1 Å². The number of benzene rings is 2. The maximum absolute atomic E-state index is 12.3. The van der Waals surface area contributed by atoms with Crippen molar-refractivity contribution in [2.45, 2.75) is 25.3 Å². The number of aromatic nitrogens is 1. The van der Waals surface area contributed by atoms with E-state index in [1.807, 2.05) is 48.5 Å². The fraction of sp³-hybridized carbons (Fsp3) is 0.227. The van der Waals surface area contributed by atoms with Crippen molar-refractivity contribution in [2.75, 3.05) is 6.61 Å². The number of aromatic amines is 1. The highest BCUT2D eigenvalue weighted by molar-refractivity contribution is 5.81. The summed E-state index contributed by atoms with van der Waals surface area (Å²) >= 11 is 0. The Morgan fingerprint density at radius 2 is 1.73 bits per heavy atom. The Balaban J connectivity index is 1.45. The molecule has 3 N–H and O–H groups in total. The lowest BCUT2D eigenvalue weighted by molar-refractivity contribution is -0.139. The van der Waals surface area contributed by atoms with Crippen molar-refractivity contribution in [1.29, 1.82) is 0 Å². The summed E-state index contributed by atoms with van der Waals surface area (Å²) in [6, 6.07) is 14.5. The highest BCUT2D eigenvalue weighted by atomic mass is 16.5. The van der Waals surface area contributed by atoms with E-state index in [9.17, 15) is 19.5 Å². The molecule has 1 aromatic heterocycles. The average molecular weight is 408 g/mol. The highest BCUT2D eigenvalue weighted by Gasteiger charge is 2.30. The second kappa shape index (κ2) is 7.90. The third-order valence-corrected chi connectivity index (χ3v) is 5.34. The van der Waals surface area contributed by atoms with E-state index in [2.05, 4.69) is 10.5 Å². The molecular formula is C22H20N2O6. The minimum Gasteiger partial charge on any atom is -0.480 e. The number of H-pyrrole nitrogens is 1. The van der Waals surface area contributed by atoms with Crippen molar-refractivity contribution in [3.8, 4) is 11.1 Å². The van der Waals surface area contributed by atoms with Crippen molar-refractivity contribution in [3.05, 3.63) is 81.3 Å². The number of fused-ring (bicyclic) bond motifs is 3. The minimum absolute atomic E-state index is 0.0670. The van der Waals surface area contributed by atoms with Gasteiger partial charge in [-0.05, 0) is 29.2 Å². The van der Waals surface area contributed by atoms with Gasteiger partial charge in [-0.15, -0.1) is 0 Å². The number of rotatable bonds is 6. The van der Waals surface area contributed by atoms with Crippen LogP contribution < -0.4 is 10.9 Å². The number of carboxylic acids is 1. The lowest BCUT2D eigenvalue weighted by atomic mass is 9.98. The molecule has 1 amide bonds. The smallest absolute Gasteiger partial charge is 0.407 e. The van der Waals surface area contributed by atoms with Gasteiger partial charge in [0.1, 0.15) is 18.4 Å². The monoisotopic (exact) mass is 408 g/mol. The number of aryl methyl sites for hydroxylation is 1. The number of aliphatic carboxylic acids is 1. The molecule has 0 fully saturated rings. The Hall–Kier alpha value is -3.81. The average Bonchev–Trinajstić information content (AvgIpc) is 3.23. The van der Waals surface area contributed by atoms with Crippen molar-refractivity contribution >= 4 is 12.1 Å². The van der Waals surface area contributed by atoms with Gasteiger partial charge in [-0.2, -0.15) is 5.16 Å². The molecule has 8 nitrogen and oxygen atoms in total. The molecule has 4 rings (SSSR count). The van der Waals surface area contributed by atoms with Crippen LogP contribution in [0.15, 0.2) is 57.8 Å². The Morgan fingerprint density at radius 1 is 1.13 bits per heavy atom. The van der Waals surface area contributed by atoms with Crippen LogP contribution >= 0.6 is 0 Å². The summed E-state index contributed by atoms with van der Waals surface area (Å²) in [5, 5.41) is 13.9. The predicted octanol–water partition coefficient (Wildman–Crippen LogP) is 2.81. The van der Waals surface area contributed by atoms with E-state index in [0.29, 0.717) is 0 Å². The summed E-state index contributed by atoms with van der Waals surface area (Å²) in [7, 11) is 0. The van der Waals surface area contributed by atoms with Crippen LogP contribution in [-0.4, -0.2) is 35.0 Å². The molecule has 0 bridgehead atoms. The van der Waals surface area contributed by atoms with Crippen LogP contribution in [0.5, 0.6) is 0 Å². The largest absolute Gasteiger partial charge is 0.480 e. The number of amides is 1. The number of carboxylic acid groups (broad SMARTS) is 1. The minimum atomic E-state index is -1.32. The first-order chi connectivity index (χ1) is 14.5. The molecule has 0 saturated carbocycles. The van der Waals surface area contributed by atoms with Gasteiger partial charge in [-0.3, -0.25) is 4.79 Å². The number of ether oxygens (including phenoxy) is 1. The number of hydrogen-bond acceptors (Lipinski definition) is 5. The molecule has 1 aliphatic carbocycles. The van der Waals surface area contributed by atoms with Crippen LogP contribution in [0.3, 0.4) is 0 Å². The second-order valence-corrected chi connectivity index (χ2v) is 7.13. The van der Waals surface area contributed by atoms with Crippen LogP contribution in [0.1, 0.15) is 28.4 Å². The number of alkyl carbamates (subject to hydrolysis) is 1. The lowest BCUT2D eigenvalue weighted by Crippen LogP contribution is -2.43. The molecule has 0 spiro atoms. The van der Waals surface area contributed by atoms with Crippen LogP contribution in [0.2, 0.25) is 0 Å². The first-order valence-electron chi connectivity index (χ1n) is 9.47. The van der Waals surface area contributed by atoms with Gasteiger partial charge in [-0.25, -0.2) is 9.59 Å². The lowest BCUT2D eigenvalue weighted by Gasteiger charge is -2.17. The zero-order chi connectivity index (χ0) is 21.3. The van der Waals surface area contributed by atoms with Gasteiger partial charge in [0.15, 0.2) is 0 Å². The molecule has 0 aliphatic heterocycles. The molecule has 2 aromatic carbocycles. The van der Waals surface area contributed by atoms with Crippen molar-refractivity contribution in [1.82, 2.24) is 10.5 Å². The molecule has 154 valence electrons. The summed E-state index contributed by atoms with van der Waals surface area (Å²) in [5.74, 6) is -1.13. The van der Waals surface area contributed by atoms with Crippen LogP contribution in [0.4, 0.5) is 4.79 Å². The molecule has 0 radical (unpaired) electrons. The van der Waals surface area contributed by atoms with Crippen LogP contribution in [-0.2, 0) is 16.0 Å². The normalized spacial score (nSPS) is 13.4. The summed E-state index contributed by atoms with van der Waals surface area (Å²) in [4.78, 5) is 35.6. The summed E-state index contributed by atoms with van der Waals surface area (Å²) in [6.45, 7) is 1.61. The maximum atomic E-state index is 12.3. The predicted molar refractivity (Wildman–Crippen MR) is 107 cm³/mol. The summed E-state index contributed by atoms with van der Waals surface area (Å²) < 4.78 is 10.3. The van der Waals surface area contributed by atoms with Crippen molar-refractivity contribution in [2.24, 2.45) is 0 Å². The van der Waals surface area contributed by atoms with E-state index < -0.39 is 23.7 Å². The van der Waals surface area contributed by atoms with Gasteiger partial charge in [0.25, 0.3) is 5.56 Å². The number of carbonyl (C=O) groups is 2. The first-order valence-corrected chi connectivity index (χ1v) is 9.47. The SMILES string of the molecule is Cc1o[nH]c(=O)c1CC(NC(=O)OCC1c2ccccc2-c2ccccc21)C(=O)O. The van der Waals surface area contributed by atoms with Crippen LogP contribution in [0, 0.1) is 6.92 Å². The quantitative estimate of drug-likeness (QED) is 0.577. The van der Waals surface area contributed by atoms with Gasteiger partial charge >= 0.3 is 12.1 Å². The molecule has 0 saturated heterocycles. The van der Waals surface area contributed by atoms with Gasteiger partial charge in [0, 0.05) is 12.3 Å². The summed E-state index contributed by atoms with van der Waals surface area (Å²) in [6.07, 6.45) is -1.07. The fourth-order valence-electron chi connectivity index (χ4n) is 3.83. The molecule has 3 aromatic rings. The van der Waals surface area contributed by atoms with Crippen molar-refractivity contribution < 1.29 is 24.0 Å². The summed E-state index contributed by atoms with van der Waals surface area (Å²) in [5.41, 5.74) is 3.96. The van der Waals surface area contributed by atoms with E-state index in [-0.39, 0.29) is 30.3 Å². The molecule has 8 heteroatoms. The van der Waals surface area contributed by atoms with E-state index in [4.69, 9.17) is 9.26 Å². The fourth-order valence-corrected chi connectivity index (χ4v) is 3.83. The second-order valence-electron chi connectivity index (χ2n) is 7.13.